The molecule has 0 atom stereocenters. The Morgan fingerprint density at radius 1 is 0.638 bits per heavy atom. The van der Waals surface area contributed by atoms with E-state index in [1.165, 1.54) is 90.5 Å². The van der Waals surface area contributed by atoms with Crippen molar-refractivity contribution in [1.82, 2.24) is 41.0 Å². The molecule has 0 radical (unpaired) electrons. The van der Waals surface area contributed by atoms with Crippen LogP contribution in [0.4, 0.5) is 0 Å². The number of rotatable bonds is 13. The fourth-order valence-electron chi connectivity index (χ4n) is 5.19. The van der Waals surface area contributed by atoms with E-state index in [2.05, 4.69) is 129 Å². The molecule has 3 fully saturated rings. The van der Waals surface area contributed by atoms with Gasteiger partial charge in [0, 0.05) is 67.8 Å². The van der Waals surface area contributed by atoms with Crippen LogP contribution in [-0.4, -0.2) is 145 Å². The van der Waals surface area contributed by atoms with Gasteiger partial charge in [-0.05, 0) is 152 Å². The SMILES string of the molecule is CC(C)N1CCC1.CC(C)N1CCCC1.CC(C)N1CCCCC1.CC(C)NCC(C)(C)O.CC(C)NCc1ccncc1.CNC(C)C.COC(=O)CNC(C)C. The van der Waals surface area contributed by atoms with Crippen molar-refractivity contribution in [2.75, 3.05) is 66.5 Å². The highest BCUT2D eigenvalue weighted by atomic mass is 16.5. The van der Waals surface area contributed by atoms with Gasteiger partial charge in [0.2, 0.25) is 0 Å². The van der Waals surface area contributed by atoms with Gasteiger partial charge >= 0.3 is 5.97 Å². The zero-order valence-electron chi connectivity index (χ0n) is 41.5. The van der Waals surface area contributed by atoms with Crippen molar-refractivity contribution in [3.05, 3.63) is 30.1 Å². The Bertz CT molecular complexity index is 1000. The molecule has 3 aliphatic heterocycles. The molecule has 58 heavy (non-hydrogen) atoms. The van der Waals surface area contributed by atoms with Crippen LogP contribution in [0.15, 0.2) is 24.5 Å². The molecule has 3 saturated heterocycles. The first-order valence-corrected chi connectivity index (χ1v) is 22.8. The molecule has 0 unspecified atom stereocenters. The molecule has 0 saturated carbocycles. The number of esters is 1. The second-order valence-corrected chi connectivity index (χ2v) is 18.3. The number of likely N-dealkylation sites (tertiary alicyclic amines) is 3. The number of ether oxygens (including phenoxy) is 1. The van der Waals surface area contributed by atoms with Crippen molar-refractivity contribution in [3.63, 3.8) is 0 Å². The summed E-state index contributed by atoms with van der Waals surface area (Å²) in [5, 5.41) is 21.6. The van der Waals surface area contributed by atoms with Crippen molar-refractivity contribution >= 4 is 5.97 Å². The summed E-state index contributed by atoms with van der Waals surface area (Å²) in [6.07, 6.45) is 12.2. The topological polar surface area (TPSA) is 117 Å². The highest BCUT2D eigenvalue weighted by Crippen LogP contribution is 2.11. The van der Waals surface area contributed by atoms with Crippen molar-refractivity contribution < 1.29 is 14.6 Å². The van der Waals surface area contributed by atoms with Crippen LogP contribution in [0.3, 0.4) is 0 Å². The fourth-order valence-corrected chi connectivity index (χ4v) is 5.19. The minimum atomic E-state index is -0.579. The van der Waals surface area contributed by atoms with Crippen molar-refractivity contribution in [3.8, 4) is 0 Å². The van der Waals surface area contributed by atoms with Crippen LogP contribution in [0.1, 0.15) is 155 Å². The highest BCUT2D eigenvalue weighted by Gasteiger charge is 2.16. The Balaban J connectivity index is -0.000000614. The number of nitrogens with one attached hydrogen (secondary N) is 4. The molecule has 0 aliphatic carbocycles. The maximum absolute atomic E-state index is 10.4. The van der Waals surface area contributed by atoms with Gasteiger partial charge < -0.3 is 45.8 Å². The summed E-state index contributed by atoms with van der Waals surface area (Å²) in [7, 11) is 3.33. The average Bonchev–Trinajstić information content (AvgIpc) is 3.69. The molecule has 1 aromatic rings. The predicted octanol–water partition coefficient (Wildman–Crippen LogP) is 7.58. The molecule has 1 aromatic heterocycles. The zero-order chi connectivity index (χ0) is 45.1. The van der Waals surface area contributed by atoms with Crippen LogP contribution < -0.4 is 21.3 Å². The lowest BCUT2D eigenvalue weighted by atomic mass is 10.1. The monoisotopic (exact) mass is 825 g/mol. The van der Waals surface area contributed by atoms with Crippen LogP contribution in [0.25, 0.3) is 0 Å². The molecule has 0 amide bonds. The lowest BCUT2D eigenvalue weighted by Gasteiger charge is -2.34. The van der Waals surface area contributed by atoms with Crippen LogP contribution in [0, 0.1) is 0 Å². The number of pyridine rings is 1. The number of nitrogens with zero attached hydrogens (tertiary/aromatic N) is 4. The maximum atomic E-state index is 10.4. The summed E-state index contributed by atoms with van der Waals surface area (Å²) in [6.45, 7) is 43.6. The van der Waals surface area contributed by atoms with Gasteiger partial charge in [-0.15, -0.1) is 0 Å². The predicted molar refractivity (Wildman–Crippen MR) is 253 cm³/mol. The van der Waals surface area contributed by atoms with Crippen LogP contribution in [0.5, 0.6) is 0 Å². The lowest BCUT2D eigenvalue weighted by molar-refractivity contribution is -0.139. The number of methoxy groups -OCH3 is 1. The van der Waals surface area contributed by atoms with Crippen LogP contribution in [0.2, 0.25) is 0 Å². The first-order valence-electron chi connectivity index (χ1n) is 22.8. The lowest BCUT2D eigenvalue weighted by Crippen LogP contribution is -2.41. The smallest absolute Gasteiger partial charge is 0.319 e. The molecule has 5 N–H and O–H groups in total. The molecule has 11 nitrogen and oxygen atoms in total. The average molecular weight is 825 g/mol. The third kappa shape index (κ3) is 43.9. The molecule has 346 valence electrons. The minimum absolute atomic E-state index is 0.219. The van der Waals surface area contributed by atoms with Gasteiger partial charge in [0.1, 0.15) is 0 Å². The van der Waals surface area contributed by atoms with Crippen molar-refractivity contribution in [2.45, 2.75) is 204 Å². The summed E-state index contributed by atoms with van der Waals surface area (Å²) < 4.78 is 4.40. The van der Waals surface area contributed by atoms with Crippen molar-refractivity contribution in [1.29, 1.82) is 0 Å². The van der Waals surface area contributed by atoms with Gasteiger partial charge in [-0.2, -0.15) is 0 Å². The van der Waals surface area contributed by atoms with E-state index in [1.807, 2.05) is 45.4 Å². The number of piperidine rings is 1. The normalized spacial score (nSPS) is 15.8. The number of carbonyl (C=O) groups is 1. The van der Waals surface area contributed by atoms with Gasteiger partial charge in [0.15, 0.2) is 0 Å². The highest BCUT2D eigenvalue weighted by molar-refractivity contribution is 5.71. The number of aromatic nitrogens is 1. The molecular formula is C47H100N8O3. The van der Waals surface area contributed by atoms with E-state index in [-0.39, 0.29) is 5.97 Å². The van der Waals surface area contributed by atoms with E-state index in [0.717, 1.165) is 24.7 Å². The molecule has 3 aliphatic rings. The van der Waals surface area contributed by atoms with E-state index < -0.39 is 5.60 Å². The fraction of sp³-hybridized carbons (Fsp3) is 0.872. The van der Waals surface area contributed by atoms with E-state index in [9.17, 15) is 9.90 Å². The summed E-state index contributed by atoms with van der Waals surface area (Å²) >= 11 is 0. The third-order valence-electron chi connectivity index (χ3n) is 9.48. The second kappa shape index (κ2) is 38.2. The Morgan fingerprint density at radius 2 is 1.00 bits per heavy atom. The summed E-state index contributed by atoms with van der Waals surface area (Å²) in [5.41, 5.74) is 0.707. The summed E-state index contributed by atoms with van der Waals surface area (Å²) in [5.74, 6) is -0.219. The quantitative estimate of drug-likeness (QED) is 0.127. The van der Waals surface area contributed by atoms with Crippen LogP contribution in [-0.2, 0) is 16.1 Å². The van der Waals surface area contributed by atoms with Gasteiger partial charge in [-0.1, -0.05) is 61.8 Å². The second-order valence-electron chi connectivity index (χ2n) is 18.3. The first kappa shape index (κ1) is 60.6. The third-order valence-corrected chi connectivity index (χ3v) is 9.48. The van der Waals surface area contributed by atoms with E-state index >= 15 is 0 Å². The molecule has 4 rings (SSSR count). The van der Waals surface area contributed by atoms with Gasteiger partial charge in [0.05, 0.1) is 19.3 Å². The maximum Gasteiger partial charge on any atom is 0.319 e. The zero-order valence-corrected chi connectivity index (χ0v) is 41.5. The van der Waals surface area contributed by atoms with E-state index in [1.54, 1.807) is 13.8 Å². The number of hydrogen-bond donors (Lipinski definition) is 5. The first-order chi connectivity index (χ1) is 27.1. The van der Waals surface area contributed by atoms with Gasteiger partial charge in [-0.3, -0.25) is 9.78 Å². The largest absolute Gasteiger partial charge is 0.468 e. The number of aliphatic hydroxyl groups is 1. The molecule has 4 heterocycles. The van der Waals surface area contributed by atoms with E-state index in [4.69, 9.17) is 0 Å². The molecule has 11 heteroatoms. The minimum Gasteiger partial charge on any atom is -0.468 e. The standard InChI is InChI=1S/C9H14N2.C8H17N.C7H17NO.C7H15N.C6H13NO2.C6H13N.C4H11N/c1-8(2)11-7-9-3-5-10-6-4-9;1-8(2)9-6-4-3-5-7-9;1-6(2)8-5-7(3,4)9;1-7(2)8-5-3-4-6-8;1-5(2)7-4-6(8)9-3;1-6(2)7-4-3-5-7;1-4(2)5-3/h3-6,8,11H,7H2,1-2H3;8H,3-7H2,1-2H3;6,8-9H,5H2,1-4H3;7H,3-6H2,1-2H3;5,7H,4H2,1-3H3;6H,3-5H2,1-2H3;4-5H,1-3H3. The number of carbonyl (C=O) groups excluding carboxylic acids is 1. The Hall–Kier alpha value is -1.70. The Morgan fingerprint density at radius 3 is 1.24 bits per heavy atom. The van der Waals surface area contributed by atoms with Gasteiger partial charge in [0.25, 0.3) is 0 Å². The Labute approximate surface area is 361 Å². The van der Waals surface area contributed by atoms with Crippen molar-refractivity contribution in [2.24, 2.45) is 0 Å². The van der Waals surface area contributed by atoms with E-state index in [0.29, 0.717) is 37.3 Å². The molecule has 0 spiro atoms. The van der Waals surface area contributed by atoms with Gasteiger partial charge in [-0.25, -0.2) is 0 Å². The summed E-state index contributed by atoms with van der Waals surface area (Å²) in [4.78, 5) is 21.9. The summed E-state index contributed by atoms with van der Waals surface area (Å²) in [6, 6.07) is 8.35. The molecule has 0 bridgehead atoms. The molecule has 0 aromatic carbocycles. The Kier molecular flexibility index (Phi) is 40.0. The molecular weight excluding hydrogens is 725 g/mol. The van der Waals surface area contributed by atoms with Crippen LogP contribution >= 0.6 is 0 Å². The number of hydrogen-bond acceptors (Lipinski definition) is 11.